The van der Waals surface area contributed by atoms with Crippen LogP contribution < -0.4 is 0 Å². The number of hydroxylamine groups is 2. The third-order valence-corrected chi connectivity index (χ3v) is 4.24. The third kappa shape index (κ3) is 6.36. The molecule has 3 heterocycles. The van der Waals surface area contributed by atoms with Crippen LogP contribution >= 0.6 is 11.8 Å². The number of esters is 1. The van der Waals surface area contributed by atoms with E-state index in [1.54, 1.807) is 23.5 Å². The van der Waals surface area contributed by atoms with Gasteiger partial charge in [0.05, 0.1) is 17.1 Å². The monoisotopic (exact) mass is 376 g/mol. The first-order valence-electron chi connectivity index (χ1n) is 8.61. The van der Waals surface area contributed by atoms with Crippen molar-refractivity contribution in [1.82, 2.24) is 20.0 Å². The Morgan fingerprint density at radius 1 is 1.27 bits per heavy atom. The van der Waals surface area contributed by atoms with Crippen LogP contribution in [0.3, 0.4) is 0 Å². The molecule has 0 saturated carbocycles. The predicted octanol–water partition coefficient (Wildman–Crippen LogP) is 2.84. The van der Waals surface area contributed by atoms with E-state index < -0.39 is 0 Å². The maximum atomic E-state index is 11.8. The summed E-state index contributed by atoms with van der Waals surface area (Å²) in [6.45, 7) is 5.13. The van der Waals surface area contributed by atoms with Crippen LogP contribution in [0.25, 0.3) is 11.4 Å². The van der Waals surface area contributed by atoms with Crippen molar-refractivity contribution in [1.29, 1.82) is 0 Å². The van der Waals surface area contributed by atoms with Crippen molar-refractivity contribution in [2.45, 2.75) is 31.5 Å². The van der Waals surface area contributed by atoms with Crippen LogP contribution in [0.15, 0.2) is 41.8 Å². The van der Waals surface area contributed by atoms with Crippen LogP contribution in [0, 0.1) is 0 Å². The normalized spacial score (nSPS) is 16.7. The summed E-state index contributed by atoms with van der Waals surface area (Å²) in [6.07, 6.45) is 4.19. The first-order valence-corrected chi connectivity index (χ1v) is 9.60. The molecule has 0 bridgehead atoms. The van der Waals surface area contributed by atoms with Crippen molar-refractivity contribution >= 4 is 17.7 Å². The molecule has 1 atom stereocenters. The summed E-state index contributed by atoms with van der Waals surface area (Å²) in [5.41, 5.74) is 1.50. The van der Waals surface area contributed by atoms with Crippen LogP contribution in [-0.4, -0.2) is 58.0 Å². The molecule has 0 aliphatic carbocycles. The Hall–Kier alpha value is -2.03. The zero-order valence-corrected chi connectivity index (χ0v) is 16.1. The molecule has 0 amide bonds. The minimum atomic E-state index is -0.301. The molecule has 0 aromatic carbocycles. The van der Waals surface area contributed by atoms with E-state index in [2.05, 4.69) is 15.0 Å². The maximum absolute atomic E-state index is 11.8. The minimum absolute atomic E-state index is 0.0484. The molecular formula is C18H24N4O3S. The Morgan fingerprint density at radius 2 is 2.12 bits per heavy atom. The molecule has 0 spiro atoms. The smallest absolute Gasteiger partial charge is 0.316 e. The van der Waals surface area contributed by atoms with E-state index in [9.17, 15) is 4.79 Å². The van der Waals surface area contributed by atoms with Gasteiger partial charge in [-0.3, -0.25) is 14.6 Å². The van der Waals surface area contributed by atoms with Crippen LogP contribution in [-0.2, 0) is 14.4 Å². The summed E-state index contributed by atoms with van der Waals surface area (Å²) in [4.78, 5) is 30.1. The fraction of sp³-hybridized carbons (Fsp3) is 0.444. The van der Waals surface area contributed by atoms with E-state index in [1.165, 1.54) is 11.8 Å². The first-order chi connectivity index (χ1) is 12.7. The number of hydrogen-bond donors (Lipinski definition) is 0. The van der Waals surface area contributed by atoms with Gasteiger partial charge in [-0.1, -0.05) is 31.7 Å². The maximum Gasteiger partial charge on any atom is 0.316 e. The second-order valence-corrected chi connectivity index (χ2v) is 6.22. The highest BCUT2D eigenvalue weighted by molar-refractivity contribution is 7.99. The van der Waals surface area contributed by atoms with Crippen LogP contribution in [0.5, 0.6) is 0 Å². The summed E-state index contributed by atoms with van der Waals surface area (Å²) in [7, 11) is 1.86. The topological polar surface area (TPSA) is 77.4 Å². The summed E-state index contributed by atoms with van der Waals surface area (Å²) < 4.78 is 5.23. The van der Waals surface area contributed by atoms with Crippen molar-refractivity contribution in [2.75, 3.05) is 26.0 Å². The van der Waals surface area contributed by atoms with Crippen molar-refractivity contribution in [3.05, 3.63) is 36.7 Å². The highest BCUT2D eigenvalue weighted by Gasteiger charge is 2.22. The molecule has 2 aromatic heterocycles. The van der Waals surface area contributed by atoms with Crippen LogP contribution in [0.1, 0.15) is 20.3 Å². The molecule has 140 valence electrons. The average Bonchev–Trinajstić information content (AvgIpc) is 3.12. The first kappa shape index (κ1) is 20.3. The fourth-order valence-electron chi connectivity index (χ4n) is 2.22. The second-order valence-electron chi connectivity index (χ2n) is 5.28. The van der Waals surface area contributed by atoms with Gasteiger partial charge in [-0.25, -0.2) is 9.97 Å². The SMILES string of the molecule is CC.CN1CCC(COC(=O)CSc2nccc(-c3ccccn3)n2)O1. The van der Waals surface area contributed by atoms with Crippen molar-refractivity contribution in [3.63, 3.8) is 0 Å². The number of carbonyl (C=O) groups excluding carboxylic acids is 1. The van der Waals surface area contributed by atoms with Crippen molar-refractivity contribution < 1.29 is 14.4 Å². The summed E-state index contributed by atoms with van der Waals surface area (Å²) >= 11 is 1.24. The summed E-state index contributed by atoms with van der Waals surface area (Å²) in [6, 6.07) is 7.42. The molecule has 26 heavy (non-hydrogen) atoms. The number of carbonyl (C=O) groups is 1. The van der Waals surface area contributed by atoms with E-state index in [-0.39, 0.29) is 24.4 Å². The van der Waals surface area contributed by atoms with Crippen LogP contribution in [0.2, 0.25) is 0 Å². The van der Waals surface area contributed by atoms with E-state index in [4.69, 9.17) is 9.57 Å². The Morgan fingerprint density at radius 3 is 2.81 bits per heavy atom. The second kappa shape index (κ2) is 10.8. The van der Waals surface area contributed by atoms with Gasteiger partial charge < -0.3 is 4.74 Å². The lowest BCUT2D eigenvalue weighted by Crippen LogP contribution is -2.21. The molecule has 1 fully saturated rings. The number of aromatic nitrogens is 3. The molecule has 1 aliphatic heterocycles. The van der Waals surface area contributed by atoms with Gasteiger partial charge >= 0.3 is 5.97 Å². The zero-order valence-electron chi connectivity index (χ0n) is 15.3. The standard InChI is InChI=1S/C16H18N4O3S.C2H6/c1-20-9-6-12(23-20)10-22-15(21)11-24-16-18-8-5-14(19-16)13-4-2-3-7-17-13;1-2/h2-5,7-8,12H,6,9-11H2,1H3;1-2H3. The largest absolute Gasteiger partial charge is 0.462 e. The molecule has 1 unspecified atom stereocenters. The number of nitrogens with zero attached hydrogens (tertiary/aromatic N) is 4. The highest BCUT2D eigenvalue weighted by Crippen LogP contribution is 2.18. The van der Waals surface area contributed by atoms with Gasteiger partial charge in [0.25, 0.3) is 0 Å². The molecule has 8 heteroatoms. The van der Waals surface area contributed by atoms with Crippen molar-refractivity contribution in [2.24, 2.45) is 0 Å². The van der Waals surface area contributed by atoms with E-state index in [1.807, 2.05) is 39.1 Å². The van der Waals surface area contributed by atoms with Gasteiger partial charge in [-0.2, -0.15) is 5.06 Å². The molecule has 0 radical (unpaired) electrons. The zero-order chi connectivity index (χ0) is 18.8. The average molecular weight is 376 g/mol. The molecule has 2 aromatic rings. The van der Waals surface area contributed by atoms with Gasteiger partial charge in [0.2, 0.25) is 0 Å². The summed E-state index contributed by atoms with van der Waals surface area (Å²) in [5.74, 6) is -0.140. The Labute approximate surface area is 158 Å². The number of hydrogen-bond acceptors (Lipinski definition) is 8. The van der Waals surface area contributed by atoms with E-state index in [0.717, 1.165) is 24.4 Å². The fourth-order valence-corrected chi connectivity index (χ4v) is 2.85. The van der Waals surface area contributed by atoms with Crippen molar-refractivity contribution in [3.8, 4) is 11.4 Å². The predicted molar refractivity (Wildman–Crippen MR) is 100 cm³/mol. The molecule has 7 nitrogen and oxygen atoms in total. The van der Waals surface area contributed by atoms with Gasteiger partial charge in [0.15, 0.2) is 5.16 Å². The quantitative estimate of drug-likeness (QED) is 0.433. The molecule has 1 saturated heterocycles. The number of rotatable bonds is 6. The molecular weight excluding hydrogens is 352 g/mol. The van der Waals surface area contributed by atoms with Crippen LogP contribution in [0.4, 0.5) is 0 Å². The molecule has 3 rings (SSSR count). The van der Waals surface area contributed by atoms with Gasteiger partial charge in [0.1, 0.15) is 12.7 Å². The number of thioether (sulfide) groups is 1. The highest BCUT2D eigenvalue weighted by atomic mass is 32.2. The number of pyridine rings is 1. The number of ether oxygens (including phenoxy) is 1. The lowest BCUT2D eigenvalue weighted by molar-refractivity contribution is -0.160. The summed E-state index contributed by atoms with van der Waals surface area (Å²) in [5, 5.41) is 2.27. The molecule has 1 aliphatic rings. The van der Waals surface area contributed by atoms with E-state index in [0.29, 0.717) is 5.16 Å². The van der Waals surface area contributed by atoms with Gasteiger partial charge in [-0.05, 0) is 24.6 Å². The lowest BCUT2D eigenvalue weighted by atomic mass is 10.3. The lowest BCUT2D eigenvalue weighted by Gasteiger charge is -2.11. The Balaban J connectivity index is 0.00000117. The van der Waals surface area contributed by atoms with Gasteiger partial charge in [0, 0.05) is 26.0 Å². The molecule has 0 N–H and O–H groups in total. The Bertz CT molecular complexity index is 687. The Kier molecular flexibility index (Phi) is 8.46. The minimum Gasteiger partial charge on any atom is -0.462 e. The third-order valence-electron chi connectivity index (χ3n) is 3.41. The van der Waals surface area contributed by atoms with Gasteiger partial charge in [-0.15, -0.1) is 0 Å². The van der Waals surface area contributed by atoms with E-state index >= 15 is 0 Å².